The fourth-order valence-electron chi connectivity index (χ4n) is 2.34. The first-order valence-corrected chi connectivity index (χ1v) is 7.56. The third-order valence-corrected chi connectivity index (χ3v) is 3.44. The first-order valence-electron chi connectivity index (χ1n) is 7.56. The van der Waals surface area contributed by atoms with Crippen molar-refractivity contribution in [3.63, 3.8) is 0 Å². The SMILES string of the molecule is CCOC(=O)CN1CCC(N(C)C(=O)OC(C)(C)C)CC1. The van der Waals surface area contributed by atoms with Gasteiger partial charge in [-0.05, 0) is 40.5 Å². The lowest BCUT2D eigenvalue weighted by Crippen LogP contribution is -2.48. The van der Waals surface area contributed by atoms with Gasteiger partial charge in [0, 0.05) is 26.2 Å². The highest BCUT2D eigenvalue weighted by molar-refractivity contribution is 5.71. The lowest BCUT2D eigenvalue weighted by atomic mass is 10.0. The van der Waals surface area contributed by atoms with Crippen LogP contribution in [0, 0.1) is 0 Å². The van der Waals surface area contributed by atoms with E-state index in [0.717, 1.165) is 25.9 Å². The number of carbonyl (C=O) groups excluding carboxylic acids is 2. The van der Waals surface area contributed by atoms with Crippen LogP contribution < -0.4 is 0 Å². The van der Waals surface area contributed by atoms with E-state index in [0.29, 0.717) is 13.2 Å². The second kappa shape index (κ2) is 7.64. The highest BCUT2D eigenvalue weighted by Crippen LogP contribution is 2.18. The molecule has 1 heterocycles. The molecule has 1 aliphatic rings. The van der Waals surface area contributed by atoms with Gasteiger partial charge in [0.15, 0.2) is 0 Å². The predicted molar refractivity (Wildman–Crippen MR) is 80.1 cm³/mol. The molecule has 0 saturated carbocycles. The summed E-state index contributed by atoms with van der Waals surface area (Å²) in [7, 11) is 1.78. The van der Waals surface area contributed by atoms with Crippen LogP contribution in [0.5, 0.6) is 0 Å². The monoisotopic (exact) mass is 300 g/mol. The van der Waals surface area contributed by atoms with Crippen molar-refractivity contribution in [2.24, 2.45) is 0 Å². The zero-order valence-electron chi connectivity index (χ0n) is 13.8. The lowest BCUT2D eigenvalue weighted by molar-refractivity contribution is -0.144. The Morgan fingerprint density at radius 3 is 2.29 bits per heavy atom. The summed E-state index contributed by atoms with van der Waals surface area (Å²) in [5.41, 5.74) is -0.476. The molecule has 0 aromatic carbocycles. The molecule has 0 unspecified atom stereocenters. The Kier molecular flexibility index (Phi) is 6.45. The van der Waals surface area contributed by atoms with Gasteiger partial charge in [-0.25, -0.2) is 4.79 Å². The summed E-state index contributed by atoms with van der Waals surface area (Å²) >= 11 is 0. The predicted octanol–water partition coefficient (Wildman–Crippen LogP) is 1.88. The molecule has 0 radical (unpaired) electrons. The average Bonchev–Trinajstić information content (AvgIpc) is 2.37. The summed E-state index contributed by atoms with van der Waals surface area (Å²) in [4.78, 5) is 27.2. The number of likely N-dealkylation sites (tertiary alicyclic amines) is 1. The number of piperidine rings is 1. The molecule has 0 aliphatic carbocycles. The number of rotatable bonds is 4. The fourth-order valence-corrected chi connectivity index (χ4v) is 2.34. The second-order valence-corrected chi connectivity index (χ2v) is 6.40. The van der Waals surface area contributed by atoms with Gasteiger partial charge in [0.2, 0.25) is 0 Å². The summed E-state index contributed by atoms with van der Waals surface area (Å²) in [5, 5.41) is 0. The smallest absolute Gasteiger partial charge is 0.410 e. The van der Waals surface area contributed by atoms with E-state index in [1.165, 1.54) is 0 Å². The molecule has 0 bridgehead atoms. The minimum Gasteiger partial charge on any atom is -0.465 e. The van der Waals surface area contributed by atoms with Gasteiger partial charge in [-0.3, -0.25) is 9.69 Å². The molecule has 6 nitrogen and oxygen atoms in total. The van der Waals surface area contributed by atoms with E-state index in [-0.39, 0.29) is 18.1 Å². The normalized spacial score (nSPS) is 17.4. The van der Waals surface area contributed by atoms with Crippen molar-refractivity contribution in [3.8, 4) is 0 Å². The standard InChI is InChI=1S/C15H28N2O4/c1-6-20-13(18)11-17-9-7-12(8-10-17)16(5)14(19)21-15(2,3)4/h12H,6-11H2,1-5H3. The Morgan fingerprint density at radius 2 is 1.81 bits per heavy atom. The molecular formula is C15H28N2O4. The quantitative estimate of drug-likeness (QED) is 0.742. The van der Waals surface area contributed by atoms with Crippen LogP contribution in [0.4, 0.5) is 4.79 Å². The van der Waals surface area contributed by atoms with Gasteiger partial charge in [-0.1, -0.05) is 0 Å². The molecule has 0 aromatic rings. The number of nitrogens with zero attached hydrogens (tertiary/aromatic N) is 2. The largest absolute Gasteiger partial charge is 0.465 e. The third kappa shape index (κ3) is 6.33. The minimum atomic E-state index is -0.476. The summed E-state index contributed by atoms with van der Waals surface area (Å²) in [5.74, 6) is -0.184. The zero-order valence-corrected chi connectivity index (χ0v) is 13.8. The van der Waals surface area contributed by atoms with Crippen molar-refractivity contribution < 1.29 is 19.1 Å². The van der Waals surface area contributed by atoms with Gasteiger partial charge in [0.1, 0.15) is 5.60 Å². The van der Waals surface area contributed by atoms with E-state index in [1.54, 1.807) is 18.9 Å². The van der Waals surface area contributed by atoms with Crippen molar-refractivity contribution in [2.45, 2.75) is 52.2 Å². The number of hydrogen-bond donors (Lipinski definition) is 0. The van der Waals surface area contributed by atoms with Crippen molar-refractivity contribution in [2.75, 3.05) is 33.3 Å². The van der Waals surface area contributed by atoms with Crippen molar-refractivity contribution >= 4 is 12.1 Å². The van der Waals surface area contributed by atoms with Gasteiger partial charge < -0.3 is 14.4 Å². The minimum absolute atomic E-state index is 0.165. The van der Waals surface area contributed by atoms with Crippen molar-refractivity contribution in [1.29, 1.82) is 0 Å². The van der Waals surface area contributed by atoms with E-state index >= 15 is 0 Å². The number of carbonyl (C=O) groups is 2. The molecular weight excluding hydrogens is 272 g/mol. The third-order valence-electron chi connectivity index (χ3n) is 3.44. The Morgan fingerprint density at radius 1 is 1.24 bits per heavy atom. The number of esters is 1. The van der Waals surface area contributed by atoms with Crippen LogP contribution in [-0.2, 0) is 14.3 Å². The van der Waals surface area contributed by atoms with Gasteiger partial charge in [0.25, 0.3) is 0 Å². The summed E-state index contributed by atoms with van der Waals surface area (Å²) in [6, 6.07) is 0.165. The Hall–Kier alpha value is -1.30. The highest BCUT2D eigenvalue weighted by atomic mass is 16.6. The van der Waals surface area contributed by atoms with Crippen molar-refractivity contribution in [3.05, 3.63) is 0 Å². The first kappa shape index (κ1) is 17.8. The fraction of sp³-hybridized carbons (Fsp3) is 0.867. The van der Waals surface area contributed by atoms with Crippen molar-refractivity contribution in [1.82, 2.24) is 9.80 Å². The first-order chi connectivity index (χ1) is 9.73. The molecule has 1 saturated heterocycles. The zero-order chi connectivity index (χ0) is 16.0. The molecule has 0 aromatic heterocycles. The maximum absolute atomic E-state index is 12.0. The molecule has 0 N–H and O–H groups in total. The topological polar surface area (TPSA) is 59.1 Å². The molecule has 1 rings (SSSR count). The molecule has 21 heavy (non-hydrogen) atoms. The maximum Gasteiger partial charge on any atom is 0.410 e. The maximum atomic E-state index is 12.0. The second-order valence-electron chi connectivity index (χ2n) is 6.40. The van der Waals surface area contributed by atoms with Crippen LogP contribution >= 0.6 is 0 Å². The molecule has 6 heteroatoms. The Bertz CT molecular complexity index is 357. The van der Waals surface area contributed by atoms with Crippen LogP contribution in [0.2, 0.25) is 0 Å². The lowest BCUT2D eigenvalue weighted by Gasteiger charge is -2.36. The summed E-state index contributed by atoms with van der Waals surface area (Å²) in [6.07, 6.45) is 1.40. The van der Waals surface area contributed by atoms with Gasteiger partial charge in [0.05, 0.1) is 13.2 Å². The van der Waals surface area contributed by atoms with Gasteiger partial charge >= 0.3 is 12.1 Å². The number of hydrogen-bond acceptors (Lipinski definition) is 5. The van der Waals surface area contributed by atoms with Gasteiger partial charge in [-0.15, -0.1) is 0 Å². The van der Waals surface area contributed by atoms with Crippen LogP contribution in [0.25, 0.3) is 0 Å². The molecule has 122 valence electrons. The Labute approximate surface area is 127 Å². The van der Waals surface area contributed by atoms with E-state index in [4.69, 9.17) is 9.47 Å². The van der Waals surface area contributed by atoms with E-state index < -0.39 is 5.60 Å². The van der Waals surface area contributed by atoms with Crippen LogP contribution in [0.1, 0.15) is 40.5 Å². The molecule has 1 amide bonds. The Balaban J connectivity index is 2.38. The average molecular weight is 300 g/mol. The van der Waals surface area contributed by atoms with E-state index in [1.807, 2.05) is 20.8 Å². The summed E-state index contributed by atoms with van der Waals surface area (Å²) < 4.78 is 10.3. The van der Waals surface area contributed by atoms with E-state index in [9.17, 15) is 9.59 Å². The molecule has 1 fully saturated rings. The molecule has 1 aliphatic heterocycles. The van der Waals surface area contributed by atoms with Gasteiger partial charge in [-0.2, -0.15) is 0 Å². The molecule has 0 atom stereocenters. The number of ether oxygens (including phenoxy) is 2. The number of amides is 1. The summed E-state index contributed by atoms with van der Waals surface area (Å²) in [6.45, 7) is 9.71. The van der Waals surface area contributed by atoms with Crippen LogP contribution in [0.3, 0.4) is 0 Å². The van der Waals surface area contributed by atoms with Crippen LogP contribution in [-0.4, -0.2) is 66.8 Å². The van der Waals surface area contributed by atoms with Crippen LogP contribution in [0.15, 0.2) is 0 Å². The van der Waals surface area contributed by atoms with E-state index in [2.05, 4.69) is 4.90 Å². The highest BCUT2D eigenvalue weighted by Gasteiger charge is 2.29. The molecule has 0 spiro atoms.